The second-order valence-electron chi connectivity index (χ2n) is 6.13. The number of carbonyl (C=O) groups is 1. The number of nitrogens with one attached hydrogen (secondary N) is 1. The van der Waals surface area contributed by atoms with E-state index in [0.717, 1.165) is 11.3 Å². The maximum absolute atomic E-state index is 13.0. The fraction of sp³-hybridized carbons (Fsp3) is 0.316. The van der Waals surface area contributed by atoms with Crippen molar-refractivity contribution in [1.29, 1.82) is 0 Å². The van der Waals surface area contributed by atoms with Crippen LogP contribution >= 0.6 is 22.9 Å². The average molecular weight is 406 g/mol. The zero-order chi connectivity index (χ0) is 19.7. The lowest BCUT2D eigenvalue weighted by Crippen LogP contribution is -2.33. The number of nitrogens with zero attached hydrogens (tertiary/aromatic N) is 2. The van der Waals surface area contributed by atoms with Gasteiger partial charge in [0.05, 0.1) is 18.2 Å². The lowest BCUT2D eigenvalue weighted by atomic mass is 10.2. The van der Waals surface area contributed by atoms with Gasteiger partial charge in [0.15, 0.2) is 0 Å². The summed E-state index contributed by atoms with van der Waals surface area (Å²) in [5.74, 6) is 0.633. The summed E-state index contributed by atoms with van der Waals surface area (Å²) in [4.78, 5) is 32.1. The second-order valence-corrected chi connectivity index (χ2v) is 7.68. The highest BCUT2D eigenvalue weighted by Crippen LogP contribution is 2.29. The zero-order valence-corrected chi connectivity index (χ0v) is 17.1. The van der Waals surface area contributed by atoms with Crippen molar-refractivity contribution in [1.82, 2.24) is 9.55 Å². The minimum Gasteiger partial charge on any atom is -0.495 e. The Morgan fingerprint density at radius 1 is 1.41 bits per heavy atom. The van der Waals surface area contributed by atoms with Crippen LogP contribution in [0.15, 0.2) is 29.1 Å². The maximum Gasteiger partial charge on any atom is 0.263 e. The highest BCUT2D eigenvalue weighted by atomic mass is 35.5. The van der Waals surface area contributed by atoms with Crippen LogP contribution in [0.1, 0.15) is 30.6 Å². The molecule has 0 fully saturated rings. The molecule has 8 heteroatoms. The van der Waals surface area contributed by atoms with Crippen molar-refractivity contribution in [2.75, 3.05) is 12.4 Å². The van der Waals surface area contributed by atoms with Gasteiger partial charge in [-0.05, 0) is 44.5 Å². The van der Waals surface area contributed by atoms with Gasteiger partial charge in [-0.25, -0.2) is 4.98 Å². The summed E-state index contributed by atoms with van der Waals surface area (Å²) >= 11 is 7.52. The van der Waals surface area contributed by atoms with Gasteiger partial charge in [0.1, 0.15) is 22.4 Å². The van der Waals surface area contributed by atoms with Gasteiger partial charge >= 0.3 is 0 Å². The van der Waals surface area contributed by atoms with Crippen molar-refractivity contribution in [3.05, 3.63) is 50.3 Å². The molecule has 0 aliphatic heterocycles. The molecule has 0 aliphatic rings. The van der Waals surface area contributed by atoms with Gasteiger partial charge in [-0.2, -0.15) is 0 Å². The molecule has 0 saturated carbocycles. The summed E-state index contributed by atoms with van der Waals surface area (Å²) in [5.41, 5.74) is 0.236. The van der Waals surface area contributed by atoms with Gasteiger partial charge in [-0.15, -0.1) is 11.3 Å². The number of rotatable bonds is 5. The molecule has 27 heavy (non-hydrogen) atoms. The third-order valence-electron chi connectivity index (χ3n) is 4.36. The Kier molecular flexibility index (Phi) is 5.53. The highest BCUT2D eigenvalue weighted by molar-refractivity contribution is 7.18. The van der Waals surface area contributed by atoms with E-state index in [1.165, 1.54) is 23.0 Å². The molecule has 0 saturated heterocycles. The maximum atomic E-state index is 13.0. The molecule has 1 aromatic carbocycles. The molecular weight excluding hydrogens is 386 g/mol. The molecule has 2 aromatic heterocycles. The van der Waals surface area contributed by atoms with Crippen molar-refractivity contribution in [3.63, 3.8) is 0 Å². The number of amides is 1. The Morgan fingerprint density at radius 2 is 2.15 bits per heavy atom. The van der Waals surface area contributed by atoms with Crippen molar-refractivity contribution in [2.24, 2.45) is 0 Å². The minimum atomic E-state index is -0.747. The Hall–Kier alpha value is -2.38. The SMILES string of the molecule is CCc1cc2c(=O)n(C(C)C(=O)Nc3cc(Cl)ccc3OC)c(C)nc2s1. The van der Waals surface area contributed by atoms with E-state index < -0.39 is 6.04 Å². The number of aryl methyl sites for hydroxylation is 2. The summed E-state index contributed by atoms with van der Waals surface area (Å²) in [6.07, 6.45) is 0.837. The number of hydrogen-bond acceptors (Lipinski definition) is 5. The molecule has 1 amide bonds. The molecule has 0 aliphatic carbocycles. The van der Waals surface area contributed by atoms with E-state index >= 15 is 0 Å². The predicted octanol–water partition coefficient (Wildman–Crippen LogP) is 4.19. The van der Waals surface area contributed by atoms with Crippen LogP contribution in [0.4, 0.5) is 5.69 Å². The molecule has 142 valence electrons. The van der Waals surface area contributed by atoms with E-state index in [2.05, 4.69) is 10.3 Å². The Labute approximate surface area is 165 Å². The lowest BCUT2D eigenvalue weighted by Gasteiger charge is -2.18. The first-order chi connectivity index (χ1) is 12.8. The number of fused-ring (bicyclic) bond motifs is 1. The van der Waals surface area contributed by atoms with Gasteiger partial charge in [0.2, 0.25) is 5.91 Å². The van der Waals surface area contributed by atoms with Gasteiger partial charge in [0, 0.05) is 9.90 Å². The molecule has 1 unspecified atom stereocenters. The summed E-state index contributed by atoms with van der Waals surface area (Å²) < 4.78 is 6.67. The fourth-order valence-corrected chi connectivity index (χ4v) is 4.08. The zero-order valence-electron chi connectivity index (χ0n) is 15.5. The number of methoxy groups -OCH3 is 1. The second kappa shape index (κ2) is 7.70. The normalized spacial score (nSPS) is 12.2. The van der Waals surface area contributed by atoms with Crippen molar-refractivity contribution in [3.8, 4) is 5.75 Å². The molecule has 2 heterocycles. The smallest absolute Gasteiger partial charge is 0.263 e. The molecule has 0 radical (unpaired) electrons. The highest BCUT2D eigenvalue weighted by Gasteiger charge is 2.22. The van der Waals surface area contributed by atoms with E-state index in [-0.39, 0.29) is 11.5 Å². The summed E-state index contributed by atoms with van der Waals surface area (Å²) in [6, 6.07) is 6.06. The number of ether oxygens (including phenoxy) is 1. The number of hydrogen-bond donors (Lipinski definition) is 1. The van der Waals surface area contributed by atoms with Gasteiger partial charge in [-0.3, -0.25) is 14.2 Å². The number of carbonyl (C=O) groups excluding carboxylic acids is 1. The average Bonchev–Trinajstić information content (AvgIpc) is 3.05. The number of benzene rings is 1. The lowest BCUT2D eigenvalue weighted by molar-refractivity contribution is -0.118. The van der Waals surface area contributed by atoms with E-state index in [9.17, 15) is 9.59 Å². The monoisotopic (exact) mass is 405 g/mol. The fourth-order valence-electron chi connectivity index (χ4n) is 2.91. The summed E-state index contributed by atoms with van der Waals surface area (Å²) in [5, 5.41) is 3.80. The van der Waals surface area contributed by atoms with Crippen molar-refractivity contribution in [2.45, 2.75) is 33.2 Å². The molecular formula is C19H20ClN3O3S. The number of thiophene rings is 1. The van der Waals surface area contributed by atoms with Crippen LogP contribution in [0.25, 0.3) is 10.2 Å². The molecule has 1 atom stereocenters. The van der Waals surface area contributed by atoms with Gasteiger partial charge < -0.3 is 10.1 Å². The van der Waals surface area contributed by atoms with Crippen LogP contribution in [0.2, 0.25) is 5.02 Å². The number of anilines is 1. The van der Waals surface area contributed by atoms with Gasteiger partial charge in [-0.1, -0.05) is 18.5 Å². The van der Waals surface area contributed by atoms with Crippen LogP contribution in [-0.2, 0) is 11.2 Å². The van der Waals surface area contributed by atoms with E-state index in [1.54, 1.807) is 32.0 Å². The van der Waals surface area contributed by atoms with E-state index in [4.69, 9.17) is 16.3 Å². The first kappa shape index (κ1) is 19.4. The number of halogens is 1. The molecule has 3 rings (SSSR count). The van der Waals surface area contributed by atoms with Crippen LogP contribution in [0.3, 0.4) is 0 Å². The molecule has 0 bridgehead atoms. The predicted molar refractivity (Wildman–Crippen MR) is 109 cm³/mol. The topological polar surface area (TPSA) is 73.2 Å². The van der Waals surface area contributed by atoms with Crippen LogP contribution in [-0.4, -0.2) is 22.6 Å². The Bertz CT molecular complexity index is 1070. The molecule has 1 N–H and O–H groups in total. The largest absolute Gasteiger partial charge is 0.495 e. The molecule has 0 spiro atoms. The minimum absolute atomic E-state index is 0.214. The number of aromatic nitrogens is 2. The Morgan fingerprint density at radius 3 is 2.81 bits per heavy atom. The third-order valence-corrected chi connectivity index (χ3v) is 5.77. The van der Waals surface area contributed by atoms with E-state index in [0.29, 0.717) is 32.5 Å². The summed E-state index contributed by atoms with van der Waals surface area (Å²) in [6.45, 7) is 5.43. The Balaban J connectivity index is 1.98. The first-order valence-corrected chi connectivity index (χ1v) is 9.71. The molecule has 3 aromatic rings. The third kappa shape index (κ3) is 3.70. The van der Waals surface area contributed by atoms with Crippen LogP contribution < -0.4 is 15.6 Å². The van der Waals surface area contributed by atoms with Crippen molar-refractivity contribution >= 4 is 44.7 Å². The quantitative estimate of drug-likeness (QED) is 0.690. The summed E-state index contributed by atoms with van der Waals surface area (Å²) in [7, 11) is 1.51. The van der Waals surface area contributed by atoms with Crippen molar-refractivity contribution < 1.29 is 9.53 Å². The van der Waals surface area contributed by atoms with Crippen LogP contribution in [0.5, 0.6) is 5.75 Å². The van der Waals surface area contributed by atoms with Crippen LogP contribution in [0, 0.1) is 6.92 Å². The first-order valence-electron chi connectivity index (χ1n) is 8.51. The molecule has 6 nitrogen and oxygen atoms in total. The van der Waals surface area contributed by atoms with Gasteiger partial charge in [0.25, 0.3) is 5.56 Å². The standard InChI is InChI=1S/C19H20ClN3O3S/c1-5-13-9-14-18(27-13)21-11(3)23(19(14)25)10(2)17(24)22-15-8-12(20)6-7-16(15)26-4/h6-10H,5H2,1-4H3,(H,22,24). The van der Waals surface area contributed by atoms with E-state index in [1.807, 2.05) is 13.0 Å².